The highest BCUT2D eigenvalue weighted by atomic mass is 32.2. The van der Waals surface area contributed by atoms with Crippen LogP contribution in [0.5, 0.6) is 0 Å². The summed E-state index contributed by atoms with van der Waals surface area (Å²) in [6.07, 6.45) is 1.84. The van der Waals surface area contributed by atoms with Gasteiger partial charge in [0, 0.05) is 30.8 Å². The van der Waals surface area contributed by atoms with Gasteiger partial charge >= 0.3 is 0 Å². The smallest absolute Gasteiger partial charge is 0.0541 e. The van der Waals surface area contributed by atoms with E-state index in [1.54, 1.807) is 0 Å². The van der Waals surface area contributed by atoms with E-state index in [2.05, 4.69) is 48.4 Å². The van der Waals surface area contributed by atoms with E-state index in [1.165, 1.54) is 16.7 Å². The standard InChI is InChI=1S/C17H22N2S/c1-14-9-15(2)11-16(10-14)13-20-8-7-18-12-17-5-3-4-6-19-17/h3-6,9-11,18H,7-8,12-13H2,1-2H3. The van der Waals surface area contributed by atoms with Crippen molar-refractivity contribution in [3.05, 3.63) is 65.0 Å². The van der Waals surface area contributed by atoms with Crippen molar-refractivity contribution in [2.75, 3.05) is 12.3 Å². The van der Waals surface area contributed by atoms with E-state index in [4.69, 9.17) is 0 Å². The quantitative estimate of drug-likeness (QED) is 0.785. The molecule has 0 fully saturated rings. The van der Waals surface area contributed by atoms with E-state index in [9.17, 15) is 0 Å². The van der Waals surface area contributed by atoms with Crippen molar-refractivity contribution < 1.29 is 0 Å². The van der Waals surface area contributed by atoms with E-state index in [-0.39, 0.29) is 0 Å². The number of rotatable bonds is 7. The van der Waals surface area contributed by atoms with E-state index in [0.717, 1.165) is 30.3 Å². The zero-order valence-electron chi connectivity index (χ0n) is 12.2. The van der Waals surface area contributed by atoms with E-state index in [1.807, 2.05) is 30.1 Å². The van der Waals surface area contributed by atoms with Gasteiger partial charge in [-0.25, -0.2) is 0 Å². The first-order valence-electron chi connectivity index (χ1n) is 6.99. The molecule has 3 heteroatoms. The maximum absolute atomic E-state index is 4.29. The summed E-state index contributed by atoms with van der Waals surface area (Å²) in [6, 6.07) is 12.8. The number of aryl methyl sites for hydroxylation is 2. The summed E-state index contributed by atoms with van der Waals surface area (Å²) >= 11 is 1.98. The number of thioether (sulfide) groups is 1. The van der Waals surface area contributed by atoms with Crippen LogP contribution in [0.3, 0.4) is 0 Å². The van der Waals surface area contributed by atoms with Crippen molar-refractivity contribution in [1.29, 1.82) is 0 Å². The minimum Gasteiger partial charge on any atom is -0.310 e. The molecule has 0 spiro atoms. The van der Waals surface area contributed by atoms with E-state index >= 15 is 0 Å². The molecule has 0 aliphatic carbocycles. The van der Waals surface area contributed by atoms with Crippen LogP contribution in [-0.2, 0) is 12.3 Å². The van der Waals surface area contributed by atoms with Gasteiger partial charge in [0.05, 0.1) is 5.69 Å². The second-order valence-corrected chi connectivity index (χ2v) is 6.15. The number of benzene rings is 1. The fourth-order valence-electron chi connectivity index (χ4n) is 2.21. The minimum absolute atomic E-state index is 0.852. The number of hydrogen-bond donors (Lipinski definition) is 1. The number of hydrogen-bond acceptors (Lipinski definition) is 3. The Morgan fingerprint density at radius 2 is 1.90 bits per heavy atom. The predicted molar refractivity (Wildman–Crippen MR) is 88.0 cm³/mol. The van der Waals surface area contributed by atoms with Gasteiger partial charge in [-0.1, -0.05) is 35.4 Å². The van der Waals surface area contributed by atoms with Crippen LogP contribution in [0.2, 0.25) is 0 Å². The van der Waals surface area contributed by atoms with Crippen LogP contribution >= 0.6 is 11.8 Å². The molecule has 0 saturated carbocycles. The van der Waals surface area contributed by atoms with Crippen LogP contribution in [-0.4, -0.2) is 17.3 Å². The van der Waals surface area contributed by atoms with Crippen LogP contribution < -0.4 is 5.32 Å². The molecule has 20 heavy (non-hydrogen) atoms. The third-order valence-corrected chi connectivity index (χ3v) is 4.04. The number of aromatic nitrogens is 1. The first-order chi connectivity index (χ1) is 9.74. The van der Waals surface area contributed by atoms with Crippen molar-refractivity contribution >= 4 is 11.8 Å². The summed E-state index contributed by atoms with van der Waals surface area (Å²) in [5.41, 5.74) is 5.24. The first-order valence-corrected chi connectivity index (χ1v) is 8.15. The summed E-state index contributed by atoms with van der Waals surface area (Å²) < 4.78 is 0. The molecule has 106 valence electrons. The van der Waals surface area contributed by atoms with E-state index in [0.29, 0.717) is 0 Å². The monoisotopic (exact) mass is 286 g/mol. The van der Waals surface area contributed by atoms with Crippen LogP contribution in [0.25, 0.3) is 0 Å². The van der Waals surface area contributed by atoms with Crippen LogP contribution in [0.4, 0.5) is 0 Å². The number of nitrogens with zero attached hydrogens (tertiary/aromatic N) is 1. The normalized spacial score (nSPS) is 10.7. The molecule has 2 rings (SSSR count). The van der Waals surface area contributed by atoms with Gasteiger partial charge < -0.3 is 5.32 Å². The zero-order valence-corrected chi connectivity index (χ0v) is 13.0. The third kappa shape index (κ3) is 5.35. The average Bonchev–Trinajstić information content (AvgIpc) is 2.43. The molecule has 0 bridgehead atoms. The van der Waals surface area contributed by atoms with E-state index < -0.39 is 0 Å². The third-order valence-electron chi connectivity index (χ3n) is 3.01. The highest BCUT2D eigenvalue weighted by molar-refractivity contribution is 7.98. The maximum Gasteiger partial charge on any atom is 0.0541 e. The molecule has 2 aromatic rings. The van der Waals surface area contributed by atoms with Crippen molar-refractivity contribution in [2.45, 2.75) is 26.1 Å². The molecule has 0 amide bonds. The maximum atomic E-state index is 4.29. The Kier molecular flexibility index (Phi) is 6.09. The summed E-state index contributed by atoms with van der Waals surface area (Å²) in [7, 11) is 0. The molecule has 1 aromatic carbocycles. The Balaban J connectivity index is 1.62. The number of pyridine rings is 1. The molecular weight excluding hydrogens is 264 g/mol. The van der Waals surface area contributed by atoms with Gasteiger partial charge in [-0.15, -0.1) is 0 Å². The molecular formula is C17H22N2S. The Hall–Kier alpha value is -1.32. The molecule has 1 N–H and O–H groups in total. The van der Waals surface area contributed by atoms with Crippen LogP contribution in [0, 0.1) is 13.8 Å². The second-order valence-electron chi connectivity index (χ2n) is 5.05. The lowest BCUT2D eigenvalue weighted by Gasteiger charge is -2.06. The van der Waals surface area contributed by atoms with Gasteiger partial charge in [0.15, 0.2) is 0 Å². The Labute approximate surface area is 126 Å². The molecule has 1 aromatic heterocycles. The summed E-state index contributed by atoms with van der Waals surface area (Å²) in [6.45, 7) is 6.20. The minimum atomic E-state index is 0.852. The highest BCUT2D eigenvalue weighted by Gasteiger charge is 1.97. The molecule has 0 saturated heterocycles. The topological polar surface area (TPSA) is 24.9 Å². The molecule has 1 heterocycles. The van der Waals surface area contributed by atoms with Crippen molar-refractivity contribution in [1.82, 2.24) is 10.3 Å². The molecule has 0 unspecified atom stereocenters. The second kappa shape index (κ2) is 8.08. The average molecular weight is 286 g/mol. The number of nitrogens with one attached hydrogen (secondary N) is 1. The van der Waals surface area contributed by atoms with Crippen LogP contribution in [0.1, 0.15) is 22.4 Å². The van der Waals surface area contributed by atoms with Crippen LogP contribution in [0.15, 0.2) is 42.6 Å². The first kappa shape index (κ1) is 15.1. The zero-order chi connectivity index (χ0) is 14.2. The fourth-order valence-corrected chi connectivity index (χ4v) is 3.04. The van der Waals surface area contributed by atoms with Gasteiger partial charge in [0.2, 0.25) is 0 Å². The van der Waals surface area contributed by atoms with Crippen molar-refractivity contribution in [2.24, 2.45) is 0 Å². The lowest BCUT2D eigenvalue weighted by atomic mass is 10.1. The molecule has 0 aliphatic rings. The summed E-state index contributed by atoms with van der Waals surface area (Å²) in [4.78, 5) is 4.29. The predicted octanol–water partition coefficient (Wildman–Crippen LogP) is 3.72. The SMILES string of the molecule is Cc1cc(C)cc(CSCCNCc2ccccn2)c1. The highest BCUT2D eigenvalue weighted by Crippen LogP contribution is 2.15. The molecule has 0 aliphatic heterocycles. The Morgan fingerprint density at radius 3 is 2.60 bits per heavy atom. The van der Waals surface area contributed by atoms with Gasteiger partial charge in [-0.3, -0.25) is 4.98 Å². The lowest BCUT2D eigenvalue weighted by Crippen LogP contribution is -2.17. The molecule has 0 atom stereocenters. The van der Waals surface area contributed by atoms with Crippen molar-refractivity contribution in [3.63, 3.8) is 0 Å². The van der Waals surface area contributed by atoms with Gasteiger partial charge in [-0.05, 0) is 31.5 Å². The summed E-state index contributed by atoms with van der Waals surface area (Å²) in [5.74, 6) is 2.22. The Morgan fingerprint density at radius 1 is 1.10 bits per heavy atom. The lowest BCUT2D eigenvalue weighted by molar-refractivity contribution is 0.715. The van der Waals surface area contributed by atoms with Crippen molar-refractivity contribution in [3.8, 4) is 0 Å². The Bertz CT molecular complexity index is 506. The summed E-state index contributed by atoms with van der Waals surface area (Å²) in [5, 5.41) is 3.43. The molecule has 0 radical (unpaired) electrons. The van der Waals surface area contributed by atoms with Gasteiger partial charge in [-0.2, -0.15) is 11.8 Å². The van der Waals surface area contributed by atoms with Gasteiger partial charge in [0.1, 0.15) is 0 Å². The largest absolute Gasteiger partial charge is 0.310 e. The van der Waals surface area contributed by atoms with Gasteiger partial charge in [0.25, 0.3) is 0 Å². The molecule has 2 nitrogen and oxygen atoms in total. The fraction of sp³-hybridized carbons (Fsp3) is 0.353.